The van der Waals surface area contributed by atoms with Crippen molar-refractivity contribution in [2.24, 2.45) is 5.92 Å². The first kappa shape index (κ1) is 52.0. The number of hydrogen-bond acceptors (Lipinski definition) is 7. The lowest BCUT2D eigenvalue weighted by molar-refractivity contribution is -0.161. The molecule has 0 aliphatic carbocycles. The van der Waals surface area contributed by atoms with Crippen molar-refractivity contribution in [3.05, 3.63) is 48.6 Å². The highest BCUT2D eigenvalue weighted by atomic mass is 31.2. The Balaban J connectivity index is 3.99. The Morgan fingerprint density at radius 1 is 0.537 bits per heavy atom. The first-order valence-corrected chi connectivity index (χ1v) is 22.9. The fraction of sp³-hybridized carbons (Fsp3) is 0.773. The van der Waals surface area contributed by atoms with Crippen molar-refractivity contribution in [1.82, 2.24) is 0 Å². The van der Waals surface area contributed by atoms with E-state index in [4.69, 9.17) is 19.3 Å². The van der Waals surface area contributed by atoms with Crippen LogP contribution in [0.5, 0.6) is 0 Å². The maximum atomic E-state index is 12.4. The Kier molecular flexibility index (Phi) is 36.4. The van der Waals surface area contributed by atoms with Gasteiger partial charge in [-0.3, -0.25) is 14.1 Å². The lowest BCUT2D eigenvalue weighted by Gasteiger charge is -2.18. The van der Waals surface area contributed by atoms with Crippen LogP contribution < -0.4 is 0 Å². The van der Waals surface area contributed by atoms with Crippen molar-refractivity contribution < 1.29 is 43.0 Å². The van der Waals surface area contributed by atoms with Crippen LogP contribution in [0.15, 0.2) is 48.6 Å². The second-order valence-corrected chi connectivity index (χ2v) is 16.3. The van der Waals surface area contributed by atoms with Gasteiger partial charge in [-0.2, -0.15) is 0 Å². The van der Waals surface area contributed by atoms with Gasteiger partial charge >= 0.3 is 19.8 Å². The second-order valence-electron chi connectivity index (χ2n) is 15.1. The third-order valence-electron chi connectivity index (χ3n) is 9.05. The number of unbranched alkanes of at least 4 members (excludes halogenated alkanes) is 16. The summed E-state index contributed by atoms with van der Waals surface area (Å²) in [6.45, 7) is 5.54. The summed E-state index contributed by atoms with van der Waals surface area (Å²) < 4.78 is 26.3. The van der Waals surface area contributed by atoms with Gasteiger partial charge in [-0.05, 0) is 70.6 Å². The summed E-state index contributed by atoms with van der Waals surface area (Å²) in [5, 5.41) is 9.25. The molecule has 9 nitrogen and oxygen atoms in total. The zero-order chi connectivity index (χ0) is 40.0. The number of carbonyl (C=O) groups excluding carboxylic acids is 2. The lowest BCUT2D eigenvalue weighted by Crippen LogP contribution is -2.29. The number of aliphatic hydroxyl groups is 1. The van der Waals surface area contributed by atoms with E-state index in [1.807, 2.05) is 13.0 Å². The molecule has 0 spiro atoms. The van der Waals surface area contributed by atoms with Gasteiger partial charge in [0.2, 0.25) is 0 Å². The van der Waals surface area contributed by atoms with Gasteiger partial charge in [0.1, 0.15) is 6.61 Å². The van der Waals surface area contributed by atoms with Gasteiger partial charge in [-0.1, -0.05) is 159 Å². The van der Waals surface area contributed by atoms with E-state index in [2.05, 4.69) is 60.9 Å². The molecule has 0 heterocycles. The highest BCUT2D eigenvalue weighted by Crippen LogP contribution is 2.36. The van der Waals surface area contributed by atoms with Crippen LogP contribution in [0.2, 0.25) is 0 Å². The average Bonchev–Trinajstić information content (AvgIpc) is 3.11. The molecule has 0 aromatic heterocycles. The van der Waals surface area contributed by atoms with Gasteiger partial charge < -0.3 is 24.4 Å². The number of aliphatic hydroxyl groups excluding tert-OH is 1. The maximum Gasteiger partial charge on any atom is 0.469 e. The summed E-state index contributed by atoms with van der Waals surface area (Å²) in [6.07, 6.45) is 42.6. The van der Waals surface area contributed by atoms with Crippen LogP contribution >= 0.6 is 7.82 Å². The van der Waals surface area contributed by atoms with E-state index in [1.165, 1.54) is 77.0 Å². The van der Waals surface area contributed by atoms with Gasteiger partial charge in [-0.15, -0.1) is 0 Å². The van der Waals surface area contributed by atoms with Gasteiger partial charge in [0.25, 0.3) is 0 Å². The predicted molar refractivity (Wildman–Crippen MR) is 222 cm³/mol. The summed E-state index contributed by atoms with van der Waals surface area (Å²) in [6, 6.07) is 0. The fourth-order valence-corrected chi connectivity index (χ4v) is 6.22. The molecule has 0 rings (SSSR count). The topological polar surface area (TPSA) is 140 Å². The molecule has 0 aliphatic heterocycles. The summed E-state index contributed by atoms with van der Waals surface area (Å²) in [4.78, 5) is 42.8. The number of phosphoric ester groups is 1. The fourth-order valence-electron chi connectivity index (χ4n) is 5.86. The molecule has 0 saturated carbocycles. The summed E-state index contributed by atoms with van der Waals surface area (Å²) >= 11 is 0. The SMILES string of the molecule is CC(C)CCCCCCCCCCCCCCCCCC(=O)O[C@H](COC(=O)CCC/C=C\C/C=C\C/C=C\C/C=C\CCC[C@@H](C)O)COP(=O)(O)O. The van der Waals surface area contributed by atoms with Crippen LogP contribution in [0.1, 0.15) is 188 Å². The minimum absolute atomic E-state index is 0.179. The molecule has 0 saturated heterocycles. The Morgan fingerprint density at radius 3 is 1.43 bits per heavy atom. The monoisotopic (exact) mass is 783 g/mol. The average molecular weight is 783 g/mol. The van der Waals surface area contributed by atoms with Gasteiger partial charge in [-0.25, -0.2) is 4.57 Å². The minimum atomic E-state index is -4.77. The Labute approximate surface area is 329 Å². The highest BCUT2D eigenvalue weighted by molar-refractivity contribution is 7.46. The molecule has 0 amide bonds. The summed E-state index contributed by atoms with van der Waals surface area (Å²) in [5.74, 6) is -0.134. The molecule has 0 unspecified atom stereocenters. The van der Waals surface area contributed by atoms with E-state index in [0.29, 0.717) is 19.3 Å². The lowest BCUT2D eigenvalue weighted by atomic mass is 10.0. The molecule has 0 bridgehead atoms. The molecular weight excluding hydrogens is 703 g/mol. The molecule has 0 fully saturated rings. The molecular formula is C44H79O9P. The quantitative estimate of drug-likeness (QED) is 0.0242. The van der Waals surface area contributed by atoms with E-state index < -0.39 is 32.5 Å². The molecule has 314 valence electrons. The maximum absolute atomic E-state index is 12.4. The Morgan fingerprint density at radius 2 is 0.963 bits per heavy atom. The number of phosphoric acid groups is 1. The highest BCUT2D eigenvalue weighted by Gasteiger charge is 2.22. The first-order chi connectivity index (χ1) is 26.0. The van der Waals surface area contributed by atoms with Gasteiger partial charge in [0.05, 0.1) is 12.7 Å². The molecule has 0 aromatic carbocycles. The number of ether oxygens (including phenoxy) is 2. The van der Waals surface area contributed by atoms with E-state index in [-0.39, 0.29) is 25.6 Å². The van der Waals surface area contributed by atoms with E-state index in [1.54, 1.807) is 0 Å². The number of esters is 2. The molecule has 0 aliphatic rings. The van der Waals surface area contributed by atoms with Crippen LogP contribution in [0.25, 0.3) is 0 Å². The third-order valence-corrected chi connectivity index (χ3v) is 9.53. The van der Waals surface area contributed by atoms with Crippen molar-refractivity contribution in [2.45, 2.75) is 200 Å². The zero-order valence-electron chi connectivity index (χ0n) is 34.4. The zero-order valence-corrected chi connectivity index (χ0v) is 35.3. The first-order valence-electron chi connectivity index (χ1n) is 21.3. The molecule has 2 atom stereocenters. The number of carbonyl (C=O) groups is 2. The minimum Gasteiger partial charge on any atom is -0.462 e. The van der Waals surface area contributed by atoms with Crippen molar-refractivity contribution in [1.29, 1.82) is 0 Å². The molecule has 54 heavy (non-hydrogen) atoms. The van der Waals surface area contributed by atoms with Gasteiger partial charge in [0, 0.05) is 12.8 Å². The number of allylic oxidation sites excluding steroid dienone is 8. The standard InChI is InChI=1S/C44H79O9P/c1-40(2)34-30-26-22-18-14-10-6-4-9-13-17-21-25-29-33-37-44(47)53-42(39-52-54(48,49)50)38-51-43(46)36-32-28-24-20-16-12-8-5-7-11-15-19-23-27-31-35-41(3)45/h7-8,11-12,19-20,23-24,40-42,45H,4-6,9-10,13-18,21-22,25-39H2,1-3H3,(H2,48,49,50)/b11-7-,12-8-,23-19-,24-20-/t41-,42-/m1/s1. The number of hydrogen-bond donors (Lipinski definition) is 3. The van der Waals surface area contributed by atoms with Crippen LogP contribution in [0, 0.1) is 5.92 Å². The Bertz CT molecular complexity index is 1040. The molecule has 10 heteroatoms. The smallest absolute Gasteiger partial charge is 0.462 e. The van der Waals surface area contributed by atoms with Crippen LogP contribution in [0.4, 0.5) is 0 Å². The van der Waals surface area contributed by atoms with Crippen LogP contribution in [-0.2, 0) is 28.2 Å². The van der Waals surface area contributed by atoms with Gasteiger partial charge in [0.15, 0.2) is 6.10 Å². The van der Waals surface area contributed by atoms with E-state index >= 15 is 0 Å². The molecule has 0 aromatic rings. The van der Waals surface area contributed by atoms with E-state index in [0.717, 1.165) is 63.7 Å². The number of rotatable bonds is 38. The molecule has 0 radical (unpaired) electrons. The van der Waals surface area contributed by atoms with Crippen LogP contribution in [0.3, 0.4) is 0 Å². The Hall–Kier alpha value is -2.03. The van der Waals surface area contributed by atoms with Crippen molar-refractivity contribution >= 4 is 19.8 Å². The van der Waals surface area contributed by atoms with Crippen molar-refractivity contribution in [3.8, 4) is 0 Å². The normalized spacial score (nSPS) is 13.6. The molecule has 3 N–H and O–H groups in total. The van der Waals surface area contributed by atoms with Crippen LogP contribution in [-0.4, -0.2) is 52.3 Å². The van der Waals surface area contributed by atoms with Crippen molar-refractivity contribution in [3.63, 3.8) is 0 Å². The second kappa shape index (κ2) is 37.9. The summed E-state index contributed by atoms with van der Waals surface area (Å²) in [5.41, 5.74) is 0. The largest absolute Gasteiger partial charge is 0.469 e. The van der Waals surface area contributed by atoms with E-state index in [9.17, 15) is 19.3 Å². The van der Waals surface area contributed by atoms with Crippen molar-refractivity contribution in [2.75, 3.05) is 13.2 Å². The summed E-state index contributed by atoms with van der Waals surface area (Å²) in [7, 11) is -4.77. The third kappa shape index (κ3) is 42.7. The predicted octanol–water partition coefficient (Wildman–Crippen LogP) is 12.0.